The van der Waals surface area contributed by atoms with Crippen LogP contribution in [0.5, 0.6) is 5.75 Å². The lowest BCUT2D eigenvalue weighted by molar-refractivity contribution is 0.311. The van der Waals surface area contributed by atoms with Gasteiger partial charge in [0.15, 0.2) is 0 Å². The third-order valence-electron chi connectivity index (χ3n) is 3.19. The van der Waals surface area contributed by atoms with Crippen molar-refractivity contribution in [3.63, 3.8) is 0 Å². The monoisotopic (exact) mass is 274 g/mol. The summed E-state index contributed by atoms with van der Waals surface area (Å²) in [7, 11) is 0. The van der Waals surface area contributed by atoms with Gasteiger partial charge < -0.3 is 10.1 Å². The van der Waals surface area contributed by atoms with Crippen LogP contribution in [-0.2, 0) is 19.4 Å². The maximum atomic E-state index is 5.69. The van der Waals surface area contributed by atoms with Gasteiger partial charge in [0.1, 0.15) is 5.75 Å². The van der Waals surface area contributed by atoms with E-state index in [-0.39, 0.29) is 0 Å². The van der Waals surface area contributed by atoms with Crippen molar-refractivity contribution < 1.29 is 4.74 Å². The Bertz CT molecular complexity index is 501. The van der Waals surface area contributed by atoms with Crippen molar-refractivity contribution in [1.29, 1.82) is 0 Å². The van der Waals surface area contributed by atoms with Crippen LogP contribution in [-0.4, -0.2) is 18.1 Å². The summed E-state index contributed by atoms with van der Waals surface area (Å²) < 4.78 is 5.69. The molecule has 19 heavy (non-hydrogen) atoms. The first kappa shape index (κ1) is 12.6. The Morgan fingerprint density at radius 1 is 1.26 bits per heavy atom. The molecule has 2 heterocycles. The van der Waals surface area contributed by atoms with Crippen LogP contribution in [0.25, 0.3) is 0 Å². The fourth-order valence-electron chi connectivity index (χ4n) is 2.22. The smallest absolute Gasteiger partial charge is 0.119 e. The van der Waals surface area contributed by atoms with E-state index in [0.717, 1.165) is 44.7 Å². The van der Waals surface area contributed by atoms with Gasteiger partial charge in [0.25, 0.3) is 0 Å². The van der Waals surface area contributed by atoms with E-state index in [1.54, 1.807) is 0 Å². The number of para-hydroxylation sites is 1. The van der Waals surface area contributed by atoms with Crippen LogP contribution in [0.3, 0.4) is 0 Å². The van der Waals surface area contributed by atoms with Crippen LogP contribution in [0.15, 0.2) is 30.3 Å². The Labute approximate surface area is 117 Å². The Morgan fingerprint density at radius 2 is 2.16 bits per heavy atom. The Hall–Kier alpha value is -1.39. The molecular formula is C15H18N2OS. The summed E-state index contributed by atoms with van der Waals surface area (Å²) in [5.41, 5.74) is 1.31. The molecule has 100 valence electrons. The van der Waals surface area contributed by atoms with E-state index in [4.69, 9.17) is 9.72 Å². The van der Waals surface area contributed by atoms with Crippen molar-refractivity contribution in [2.75, 3.05) is 13.2 Å². The van der Waals surface area contributed by atoms with Gasteiger partial charge in [0.2, 0.25) is 0 Å². The molecule has 1 aliphatic heterocycles. The maximum absolute atomic E-state index is 5.69. The van der Waals surface area contributed by atoms with Gasteiger partial charge in [-0.2, -0.15) is 0 Å². The van der Waals surface area contributed by atoms with Gasteiger partial charge in [-0.3, -0.25) is 0 Å². The number of aryl methyl sites for hydroxylation is 1. The maximum Gasteiger partial charge on any atom is 0.119 e. The summed E-state index contributed by atoms with van der Waals surface area (Å²) in [6.45, 7) is 2.81. The molecule has 0 aliphatic carbocycles. The first-order valence-corrected chi connectivity index (χ1v) is 7.59. The molecule has 1 aromatic carbocycles. The van der Waals surface area contributed by atoms with Crippen molar-refractivity contribution in [3.05, 3.63) is 45.9 Å². The summed E-state index contributed by atoms with van der Waals surface area (Å²) in [6, 6.07) is 9.98. The summed E-state index contributed by atoms with van der Waals surface area (Å²) in [5, 5.41) is 4.64. The molecule has 3 nitrogen and oxygen atoms in total. The molecule has 0 fully saturated rings. The van der Waals surface area contributed by atoms with E-state index in [1.165, 1.54) is 15.6 Å². The number of nitrogens with one attached hydrogen (secondary N) is 1. The summed E-state index contributed by atoms with van der Waals surface area (Å²) in [5.74, 6) is 0.949. The highest BCUT2D eigenvalue weighted by Gasteiger charge is 2.14. The standard InChI is InChI=1S/C15H18N2OS/c1-2-5-12(6-3-1)18-10-4-7-15-17-13-8-9-16-11-14(13)19-15/h1-3,5-6,16H,4,7-11H2. The Balaban J connectivity index is 1.46. The molecule has 1 aliphatic rings. The molecule has 0 saturated heterocycles. The van der Waals surface area contributed by atoms with Gasteiger partial charge in [0.05, 0.1) is 17.3 Å². The van der Waals surface area contributed by atoms with E-state index in [1.807, 2.05) is 41.7 Å². The average Bonchev–Trinajstić information content (AvgIpc) is 2.87. The van der Waals surface area contributed by atoms with Crippen molar-refractivity contribution >= 4 is 11.3 Å². The van der Waals surface area contributed by atoms with Gasteiger partial charge in [-0.1, -0.05) is 18.2 Å². The van der Waals surface area contributed by atoms with Crippen molar-refractivity contribution in [2.24, 2.45) is 0 Å². The number of ether oxygens (including phenoxy) is 1. The van der Waals surface area contributed by atoms with Crippen LogP contribution in [0, 0.1) is 0 Å². The number of benzene rings is 1. The molecular weight excluding hydrogens is 256 g/mol. The minimum atomic E-state index is 0.756. The second-order valence-corrected chi connectivity index (χ2v) is 5.84. The number of hydrogen-bond donors (Lipinski definition) is 1. The van der Waals surface area contributed by atoms with E-state index in [0.29, 0.717) is 0 Å². The Morgan fingerprint density at radius 3 is 3.00 bits per heavy atom. The SMILES string of the molecule is c1ccc(OCCCc2nc3c(s2)CNCC3)cc1. The van der Waals surface area contributed by atoms with Crippen molar-refractivity contribution in [1.82, 2.24) is 10.3 Å². The quantitative estimate of drug-likeness (QED) is 0.851. The predicted octanol–water partition coefficient (Wildman–Crippen LogP) is 2.80. The van der Waals surface area contributed by atoms with E-state index in [2.05, 4.69) is 5.32 Å². The molecule has 3 rings (SSSR count). The zero-order valence-corrected chi connectivity index (χ0v) is 11.7. The van der Waals surface area contributed by atoms with Crippen LogP contribution in [0.1, 0.15) is 22.0 Å². The lowest BCUT2D eigenvalue weighted by Gasteiger charge is -2.09. The first-order chi connectivity index (χ1) is 9.42. The largest absolute Gasteiger partial charge is 0.494 e. The second kappa shape index (κ2) is 6.17. The van der Waals surface area contributed by atoms with E-state index in [9.17, 15) is 0 Å². The molecule has 0 radical (unpaired) electrons. The number of thiazole rings is 1. The number of hydrogen-bond acceptors (Lipinski definition) is 4. The van der Waals surface area contributed by atoms with Gasteiger partial charge >= 0.3 is 0 Å². The minimum absolute atomic E-state index is 0.756. The average molecular weight is 274 g/mol. The second-order valence-electron chi connectivity index (χ2n) is 4.67. The van der Waals surface area contributed by atoms with E-state index >= 15 is 0 Å². The summed E-state index contributed by atoms with van der Waals surface area (Å²) >= 11 is 1.85. The fraction of sp³-hybridized carbons (Fsp3) is 0.400. The molecule has 4 heteroatoms. The molecule has 0 saturated carbocycles. The minimum Gasteiger partial charge on any atom is -0.494 e. The van der Waals surface area contributed by atoms with Crippen LogP contribution in [0.4, 0.5) is 0 Å². The number of nitrogens with zero attached hydrogens (tertiary/aromatic N) is 1. The van der Waals surface area contributed by atoms with Crippen molar-refractivity contribution in [3.8, 4) is 5.75 Å². The first-order valence-electron chi connectivity index (χ1n) is 6.78. The molecule has 0 atom stereocenters. The molecule has 1 N–H and O–H groups in total. The normalized spacial score (nSPS) is 14.1. The topological polar surface area (TPSA) is 34.1 Å². The summed E-state index contributed by atoms with van der Waals surface area (Å²) in [4.78, 5) is 6.14. The van der Waals surface area contributed by atoms with Crippen molar-refractivity contribution in [2.45, 2.75) is 25.8 Å². The molecule has 0 amide bonds. The molecule has 2 aromatic rings. The van der Waals surface area contributed by atoms with Gasteiger partial charge in [-0.25, -0.2) is 4.98 Å². The van der Waals surface area contributed by atoms with Gasteiger partial charge in [-0.15, -0.1) is 11.3 Å². The van der Waals surface area contributed by atoms with Crippen LogP contribution in [0.2, 0.25) is 0 Å². The molecule has 0 bridgehead atoms. The number of fused-ring (bicyclic) bond motifs is 1. The lowest BCUT2D eigenvalue weighted by atomic mass is 10.2. The third-order valence-corrected chi connectivity index (χ3v) is 4.35. The molecule has 0 spiro atoms. The van der Waals surface area contributed by atoms with Crippen LogP contribution >= 0.6 is 11.3 Å². The molecule has 1 aromatic heterocycles. The molecule has 0 unspecified atom stereocenters. The highest BCUT2D eigenvalue weighted by molar-refractivity contribution is 7.11. The highest BCUT2D eigenvalue weighted by atomic mass is 32.1. The highest BCUT2D eigenvalue weighted by Crippen LogP contribution is 2.22. The van der Waals surface area contributed by atoms with Gasteiger partial charge in [0, 0.05) is 30.8 Å². The van der Waals surface area contributed by atoms with Crippen LogP contribution < -0.4 is 10.1 Å². The fourth-order valence-corrected chi connectivity index (χ4v) is 3.34. The van der Waals surface area contributed by atoms with Gasteiger partial charge in [-0.05, 0) is 18.6 Å². The number of aromatic nitrogens is 1. The predicted molar refractivity (Wildman–Crippen MR) is 77.8 cm³/mol. The zero-order chi connectivity index (χ0) is 12.9. The Kier molecular flexibility index (Phi) is 4.10. The number of rotatable bonds is 5. The third kappa shape index (κ3) is 3.33. The summed E-state index contributed by atoms with van der Waals surface area (Å²) in [6.07, 6.45) is 3.12. The zero-order valence-electron chi connectivity index (χ0n) is 10.9. The lowest BCUT2D eigenvalue weighted by Crippen LogP contribution is -2.22. The van der Waals surface area contributed by atoms with E-state index < -0.39 is 0 Å².